The Balaban J connectivity index is 3.25. The van der Waals surface area contributed by atoms with Gasteiger partial charge in [0.25, 0.3) is 0 Å². The van der Waals surface area contributed by atoms with Gasteiger partial charge in [-0.2, -0.15) is 5.26 Å². The van der Waals surface area contributed by atoms with Gasteiger partial charge in [-0.05, 0) is 33.8 Å². The van der Waals surface area contributed by atoms with E-state index in [2.05, 4.69) is 16.0 Å². The number of hydrogen-bond donors (Lipinski definition) is 0. The number of rotatable bonds is 1. The zero-order chi connectivity index (χ0) is 10.1. The molecule has 1 aromatic heterocycles. The number of aryl methyl sites for hydroxylation is 2. The summed E-state index contributed by atoms with van der Waals surface area (Å²) in [6.45, 7) is 7.46. The third kappa shape index (κ3) is 2.03. The Morgan fingerprint density at radius 1 is 1.23 bits per heavy atom. The van der Waals surface area contributed by atoms with Gasteiger partial charge in [-0.3, -0.25) is 0 Å². The lowest BCUT2D eigenvalue weighted by Crippen LogP contribution is -2.19. The van der Waals surface area contributed by atoms with Crippen LogP contribution in [-0.4, -0.2) is 9.97 Å². The van der Waals surface area contributed by atoms with Gasteiger partial charge in [-0.15, -0.1) is 0 Å². The minimum Gasteiger partial charge on any atom is -0.237 e. The summed E-state index contributed by atoms with van der Waals surface area (Å²) in [5.41, 5.74) is 1.22. The van der Waals surface area contributed by atoms with Gasteiger partial charge in [0.15, 0.2) is 0 Å². The average molecular weight is 175 g/mol. The lowest BCUT2D eigenvalue weighted by atomic mass is 9.94. The SMILES string of the molecule is Cc1cc(C)nc(C(C)(C)C#N)n1. The zero-order valence-electron chi connectivity index (χ0n) is 8.42. The summed E-state index contributed by atoms with van der Waals surface area (Å²) in [4.78, 5) is 8.49. The highest BCUT2D eigenvalue weighted by Crippen LogP contribution is 2.18. The smallest absolute Gasteiger partial charge is 0.148 e. The number of nitrogens with zero attached hydrogens (tertiary/aromatic N) is 3. The van der Waals surface area contributed by atoms with Gasteiger partial charge in [-0.25, -0.2) is 9.97 Å². The van der Waals surface area contributed by atoms with Crippen LogP contribution in [0.15, 0.2) is 6.07 Å². The van der Waals surface area contributed by atoms with Crippen LogP contribution in [0.5, 0.6) is 0 Å². The van der Waals surface area contributed by atoms with E-state index in [4.69, 9.17) is 5.26 Å². The number of hydrogen-bond acceptors (Lipinski definition) is 3. The van der Waals surface area contributed by atoms with Crippen molar-refractivity contribution in [2.24, 2.45) is 0 Å². The van der Waals surface area contributed by atoms with Gasteiger partial charge < -0.3 is 0 Å². The fourth-order valence-corrected chi connectivity index (χ4v) is 1.06. The molecule has 0 amide bonds. The lowest BCUT2D eigenvalue weighted by Gasteiger charge is -2.14. The minimum absolute atomic E-state index is 0.600. The van der Waals surface area contributed by atoms with Crippen molar-refractivity contribution < 1.29 is 0 Å². The van der Waals surface area contributed by atoms with E-state index in [9.17, 15) is 0 Å². The Labute approximate surface area is 78.5 Å². The summed E-state index contributed by atoms with van der Waals surface area (Å²) >= 11 is 0. The second-order valence-electron chi connectivity index (χ2n) is 3.71. The molecule has 0 radical (unpaired) electrons. The molecule has 68 valence electrons. The Kier molecular flexibility index (Phi) is 2.33. The van der Waals surface area contributed by atoms with E-state index in [0.29, 0.717) is 5.82 Å². The molecule has 0 saturated carbocycles. The van der Waals surface area contributed by atoms with Crippen LogP contribution in [0.4, 0.5) is 0 Å². The topological polar surface area (TPSA) is 49.6 Å². The summed E-state index contributed by atoms with van der Waals surface area (Å²) in [5, 5.41) is 8.90. The normalized spacial score (nSPS) is 11.0. The molecule has 0 fully saturated rings. The van der Waals surface area contributed by atoms with Gasteiger partial charge in [0, 0.05) is 11.4 Å². The van der Waals surface area contributed by atoms with E-state index < -0.39 is 5.41 Å². The summed E-state index contributed by atoms with van der Waals surface area (Å²) in [7, 11) is 0. The standard InChI is InChI=1S/C10H13N3/c1-7-5-8(2)13-9(12-7)10(3,4)6-11/h5H,1-4H3. The maximum atomic E-state index is 8.90. The highest BCUT2D eigenvalue weighted by molar-refractivity contribution is 5.20. The van der Waals surface area contributed by atoms with E-state index in [0.717, 1.165) is 11.4 Å². The molecule has 0 aromatic carbocycles. The van der Waals surface area contributed by atoms with Crippen molar-refractivity contribution in [3.8, 4) is 6.07 Å². The Morgan fingerprint density at radius 3 is 2.08 bits per heavy atom. The first-order chi connectivity index (χ1) is 5.95. The molecule has 13 heavy (non-hydrogen) atoms. The second kappa shape index (κ2) is 3.14. The molecule has 0 bridgehead atoms. The van der Waals surface area contributed by atoms with Crippen LogP contribution < -0.4 is 0 Å². The van der Waals surface area contributed by atoms with Crippen molar-refractivity contribution in [2.45, 2.75) is 33.1 Å². The largest absolute Gasteiger partial charge is 0.237 e. The van der Waals surface area contributed by atoms with Crippen LogP contribution >= 0.6 is 0 Å². The summed E-state index contributed by atoms with van der Waals surface area (Å²) < 4.78 is 0. The third-order valence-corrected chi connectivity index (χ3v) is 1.82. The first-order valence-corrected chi connectivity index (χ1v) is 4.20. The highest BCUT2D eigenvalue weighted by Gasteiger charge is 2.23. The van der Waals surface area contributed by atoms with Crippen molar-refractivity contribution in [2.75, 3.05) is 0 Å². The van der Waals surface area contributed by atoms with Gasteiger partial charge in [0.1, 0.15) is 11.2 Å². The van der Waals surface area contributed by atoms with Gasteiger partial charge in [0.05, 0.1) is 6.07 Å². The molecule has 0 aliphatic heterocycles. The molecule has 3 heteroatoms. The van der Waals surface area contributed by atoms with E-state index in [1.807, 2.05) is 33.8 Å². The van der Waals surface area contributed by atoms with Crippen molar-refractivity contribution in [3.63, 3.8) is 0 Å². The fraction of sp³-hybridized carbons (Fsp3) is 0.500. The third-order valence-electron chi connectivity index (χ3n) is 1.82. The predicted octanol–water partition coefficient (Wildman–Crippen LogP) is 1.89. The predicted molar refractivity (Wildman–Crippen MR) is 50.1 cm³/mol. The minimum atomic E-state index is -0.600. The van der Waals surface area contributed by atoms with Crippen molar-refractivity contribution in [3.05, 3.63) is 23.3 Å². The molecule has 0 atom stereocenters. The Morgan fingerprint density at radius 2 is 1.69 bits per heavy atom. The highest BCUT2D eigenvalue weighted by atomic mass is 14.9. The van der Waals surface area contributed by atoms with Crippen LogP contribution in [-0.2, 0) is 5.41 Å². The molecular formula is C10H13N3. The fourth-order valence-electron chi connectivity index (χ4n) is 1.06. The van der Waals surface area contributed by atoms with Gasteiger partial charge in [-0.1, -0.05) is 0 Å². The van der Waals surface area contributed by atoms with Gasteiger partial charge >= 0.3 is 0 Å². The molecule has 0 aliphatic rings. The van der Waals surface area contributed by atoms with E-state index in [1.165, 1.54) is 0 Å². The van der Waals surface area contributed by atoms with Crippen LogP contribution in [0.1, 0.15) is 31.1 Å². The summed E-state index contributed by atoms with van der Waals surface area (Å²) in [6.07, 6.45) is 0. The molecular weight excluding hydrogens is 162 g/mol. The van der Waals surface area contributed by atoms with Crippen molar-refractivity contribution in [1.82, 2.24) is 9.97 Å². The Bertz CT molecular complexity index is 341. The van der Waals surface area contributed by atoms with E-state index in [-0.39, 0.29) is 0 Å². The molecule has 0 N–H and O–H groups in total. The molecule has 3 nitrogen and oxygen atoms in total. The molecule has 0 unspecified atom stereocenters. The lowest BCUT2D eigenvalue weighted by molar-refractivity contribution is 0.622. The van der Waals surface area contributed by atoms with Crippen LogP contribution in [0.25, 0.3) is 0 Å². The van der Waals surface area contributed by atoms with Gasteiger partial charge in [0.2, 0.25) is 0 Å². The summed E-state index contributed by atoms with van der Waals surface area (Å²) in [5.74, 6) is 0.604. The average Bonchev–Trinajstić information content (AvgIpc) is 2.02. The van der Waals surface area contributed by atoms with Crippen LogP contribution in [0.2, 0.25) is 0 Å². The summed E-state index contributed by atoms with van der Waals surface area (Å²) in [6, 6.07) is 4.09. The second-order valence-corrected chi connectivity index (χ2v) is 3.71. The van der Waals surface area contributed by atoms with E-state index >= 15 is 0 Å². The maximum Gasteiger partial charge on any atom is 0.148 e. The number of nitriles is 1. The molecule has 0 saturated heterocycles. The monoisotopic (exact) mass is 175 g/mol. The first-order valence-electron chi connectivity index (χ1n) is 4.20. The maximum absolute atomic E-state index is 8.90. The zero-order valence-corrected chi connectivity index (χ0v) is 8.42. The van der Waals surface area contributed by atoms with Crippen LogP contribution in [0, 0.1) is 25.2 Å². The molecule has 1 rings (SSSR count). The Hall–Kier alpha value is -1.43. The quantitative estimate of drug-likeness (QED) is 0.655. The first kappa shape index (κ1) is 9.66. The van der Waals surface area contributed by atoms with E-state index in [1.54, 1.807) is 0 Å². The van der Waals surface area contributed by atoms with Crippen molar-refractivity contribution in [1.29, 1.82) is 5.26 Å². The molecule has 0 spiro atoms. The van der Waals surface area contributed by atoms with Crippen LogP contribution in [0.3, 0.4) is 0 Å². The molecule has 1 heterocycles. The molecule has 0 aliphatic carbocycles. The number of aromatic nitrogens is 2. The van der Waals surface area contributed by atoms with Crippen molar-refractivity contribution >= 4 is 0 Å². The molecule has 1 aromatic rings.